The lowest BCUT2D eigenvalue weighted by Gasteiger charge is -2.46. The molecule has 2 heterocycles. The molecule has 0 aromatic carbocycles. The molecule has 0 bridgehead atoms. The van der Waals surface area contributed by atoms with Crippen molar-refractivity contribution in [1.29, 1.82) is 0 Å². The third-order valence-corrected chi connectivity index (χ3v) is 6.15. The van der Waals surface area contributed by atoms with Crippen LogP contribution in [-0.2, 0) is 18.8 Å². The van der Waals surface area contributed by atoms with Crippen molar-refractivity contribution in [3.63, 3.8) is 0 Å². The van der Waals surface area contributed by atoms with E-state index < -0.39 is 14.3 Å². The first-order valence-corrected chi connectivity index (χ1v) is 12.1. The number of carbonyl (C=O) groups excluding carboxylic acids is 2. The number of rotatable bonds is 7. The number of thioether (sulfide) groups is 1. The van der Waals surface area contributed by atoms with Gasteiger partial charge in [0.25, 0.3) is 0 Å². The minimum atomic E-state index is -1.79. The molecule has 2 aliphatic rings. The van der Waals surface area contributed by atoms with Gasteiger partial charge in [-0.05, 0) is 44.5 Å². The Bertz CT molecular complexity index is 637. The molecule has 8 heteroatoms. The van der Waals surface area contributed by atoms with Crippen LogP contribution in [-0.4, -0.2) is 48.6 Å². The molecule has 24 heavy (non-hydrogen) atoms. The number of hydrogen-bond acceptors (Lipinski definition) is 5. The summed E-state index contributed by atoms with van der Waals surface area (Å²) in [5.74, 6) is -1.60. The lowest BCUT2D eigenvalue weighted by atomic mass is 9.83. The number of carboxylic acids is 1. The van der Waals surface area contributed by atoms with Crippen molar-refractivity contribution in [3.8, 4) is 0 Å². The molecule has 0 aromatic rings. The summed E-state index contributed by atoms with van der Waals surface area (Å²) >= 11 is 1.25. The van der Waals surface area contributed by atoms with Gasteiger partial charge in [-0.15, -0.1) is 0 Å². The fourth-order valence-electron chi connectivity index (χ4n) is 3.26. The van der Waals surface area contributed by atoms with E-state index >= 15 is 0 Å². The van der Waals surface area contributed by atoms with Gasteiger partial charge in [0.1, 0.15) is 12.0 Å². The third-order valence-electron chi connectivity index (χ3n) is 4.00. The van der Waals surface area contributed by atoms with Crippen LogP contribution < -0.4 is 0 Å². The van der Waals surface area contributed by atoms with Crippen molar-refractivity contribution in [3.05, 3.63) is 21.6 Å². The van der Waals surface area contributed by atoms with Crippen molar-refractivity contribution in [2.45, 2.75) is 52.1 Å². The fraction of sp³-hybridized carbons (Fsp3) is 0.562. The molecule has 1 N–H and O–H groups in total. The quantitative estimate of drug-likeness (QED) is 0.321. The minimum Gasteiger partial charge on any atom is -0.477 e. The average molecular weight is 370 g/mol. The zero-order valence-corrected chi connectivity index (χ0v) is 16.3. The van der Waals surface area contributed by atoms with Crippen LogP contribution in [0.15, 0.2) is 21.6 Å². The molecule has 0 saturated carbocycles. The first-order chi connectivity index (χ1) is 11.1. The molecule has 0 spiro atoms. The standard InChI is InChI=1S/C16H23NO5SSi/c1-9(6-7-18)23-12-8-11-13(10(2)22-24(3,4)5)15(19)17(11)14(12)16(20)21/h6-7,10-11,13H,8H2,1-5H3,(H,20,21)/b9-6-/t10-,11+,13-/m0/s1. The Labute approximate surface area is 147 Å². The van der Waals surface area contributed by atoms with E-state index in [2.05, 4.69) is 19.6 Å². The maximum absolute atomic E-state index is 12.5. The number of aldehydes is 1. The normalized spacial score (nSPS) is 25.5. The lowest BCUT2D eigenvalue weighted by Crippen LogP contribution is -2.63. The van der Waals surface area contributed by atoms with Crippen molar-refractivity contribution in [2.24, 2.45) is 5.92 Å². The van der Waals surface area contributed by atoms with E-state index in [9.17, 15) is 19.5 Å². The summed E-state index contributed by atoms with van der Waals surface area (Å²) in [7, 11) is -1.79. The van der Waals surface area contributed by atoms with Gasteiger partial charge in [-0.25, -0.2) is 4.79 Å². The third kappa shape index (κ3) is 3.65. The van der Waals surface area contributed by atoms with Crippen LogP contribution in [0.2, 0.25) is 19.6 Å². The Morgan fingerprint density at radius 3 is 2.58 bits per heavy atom. The van der Waals surface area contributed by atoms with Crippen LogP contribution in [0.1, 0.15) is 20.3 Å². The van der Waals surface area contributed by atoms with Gasteiger partial charge in [-0.2, -0.15) is 0 Å². The summed E-state index contributed by atoms with van der Waals surface area (Å²) in [6.07, 6.45) is 2.33. The largest absolute Gasteiger partial charge is 0.477 e. The number of fused-ring (bicyclic) bond motifs is 1. The van der Waals surface area contributed by atoms with Crippen molar-refractivity contribution in [1.82, 2.24) is 4.90 Å². The van der Waals surface area contributed by atoms with E-state index in [1.165, 1.54) is 22.7 Å². The van der Waals surface area contributed by atoms with Crippen LogP contribution in [0.3, 0.4) is 0 Å². The van der Waals surface area contributed by atoms with Crippen LogP contribution in [0.4, 0.5) is 0 Å². The molecule has 0 unspecified atom stereocenters. The summed E-state index contributed by atoms with van der Waals surface area (Å²) in [6, 6.07) is -0.165. The summed E-state index contributed by atoms with van der Waals surface area (Å²) in [4.78, 5) is 37.4. The monoisotopic (exact) mass is 369 g/mol. The minimum absolute atomic E-state index is 0.0464. The molecule has 3 atom stereocenters. The maximum Gasteiger partial charge on any atom is 0.353 e. The Balaban J connectivity index is 2.21. The van der Waals surface area contributed by atoms with Crippen molar-refractivity contribution in [2.75, 3.05) is 0 Å². The van der Waals surface area contributed by atoms with E-state index in [0.717, 1.165) is 0 Å². The molecule has 0 radical (unpaired) electrons. The SMILES string of the molecule is C/C(=C/C=O)SC1=C(C(=O)O)N2C(=O)[C@@H]([C@H](C)O[Si](C)(C)C)[C@H]2C1. The highest BCUT2D eigenvalue weighted by Gasteiger charge is 2.57. The second kappa shape index (κ2) is 6.85. The number of hydrogen-bond donors (Lipinski definition) is 1. The van der Waals surface area contributed by atoms with Crippen molar-refractivity contribution < 1.29 is 23.9 Å². The van der Waals surface area contributed by atoms with Crippen LogP contribution in [0, 0.1) is 5.92 Å². The van der Waals surface area contributed by atoms with Gasteiger partial charge in [0.15, 0.2) is 8.32 Å². The first-order valence-electron chi connectivity index (χ1n) is 7.84. The van der Waals surface area contributed by atoms with E-state index in [-0.39, 0.29) is 29.7 Å². The van der Waals surface area contributed by atoms with E-state index in [1.807, 2.05) is 6.92 Å². The molecule has 0 aliphatic carbocycles. The molecule has 0 aromatic heterocycles. The molecule has 1 amide bonds. The van der Waals surface area contributed by atoms with Gasteiger partial charge >= 0.3 is 5.97 Å². The number of carbonyl (C=O) groups is 3. The summed E-state index contributed by atoms with van der Waals surface area (Å²) < 4.78 is 6.03. The first kappa shape index (κ1) is 18.9. The van der Waals surface area contributed by atoms with Crippen LogP contribution in [0.5, 0.6) is 0 Å². The van der Waals surface area contributed by atoms with E-state index in [1.54, 1.807) is 6.92 Å². The molecular weight excluding hydrogens is 346 g/mol. The molecule has 1 fully saturated rings. The Kier molecular flexibility index (Phi) is 5.41. The predicted octanol–water partition coefficient (Wildman–Crippen LogP) is 2.59. The van der Waals surface area contributed by atoms with Gasteiger partial charge in [-0.1, -0.05) is 11.8 Å². The summed E-state index contributed by atoms with van der Waals surface area (Å²) in [5, 5.41) is 9.50. The average Bonchev–Trinajstić information content (AvgIpc) is 2.71. The highest BCUT2D eigenvalue weighted by molar-refractivity contribution is 8.06. The molecule has 1 saturated heterocycles. The maximum atomic E-state index is 12.5. The zero-order chi connectivity index (χ0) is 18.2. The highest BCUT2D eigenvalue weighted by atomic mass is 32.2. The fourth-order valence-corrected chi connectivity index (χ4v) is 5.57. The molecule has 2 aliphatic heterocycles. The topological polar surface area (TPSA) is 83.9 Å². The van der Waals surface area contributed by atoms with E-state index in [0.29, 0.717) is 22.5 Å². The van der Waals surface area contributed by atoms with Gasteiger partial charge in [0.05, 0.1) is 18.1 Å². The number of allylic oxidation sites excluding steroid dienone is 2. The predicted molar refractivity (Wildman–Crippen MR) is 94.7 cm³/mol. The summed E-state index contributed by atoms with van der Waals surface area (Å²) in [5.41, 5.74) is 0.0464. The zero-order valence-electron chi connectivity index (χ0n) is 14.5. The highest BCUT2D eigenvalue weighted by Crippen LogP contribution is 2.49. The molecule has 6 nitrogen and oxygen atoms in total. The van der Waals surface area contributed by atoms with Crippen LogP contribution in [0.25, 0.3) is 0 Å². The Hall–Kier alpha value is -1.38. The lowest BCUT2D eigenvalue weighted by molar-refractivity contribution is -0.160. The van der Waals surface area contributed by atoms with Crippen molar-refractivity contribution >= 4 is 38.2 Å². The van der Waals surface area contributed by atoms with Gasteiger partial charge in [-0.3, -0.25) is 9.59 Å². The number of aliphatic carboxylic acids is 1. The molecular formula is C16H23NO5SSi. The Morgan fingerprint density at radius 2 is 2.08 bits per heavy atom. The second-order valence-electron chi connectivity index (χ2n) is 7.03. The number of nitrogens with zero attached hydrogens (tertiary/aromatic N) is 1. The van der Waals surface area contributed by atoms with Crippen LogP contribution >= 0.6 is 11.8 Å². The smallest absolute Gasteiger partial charge is 0.353 e. The second-order valence-corrected chi connectivity index (χ2v) is 12.8. The number of carboxylic acid groups (broad SMARTS) is 1. The molecule has 2 rings (SSSR count). The number of amides is 1. The van der Waals surface area contributed by atoms with Gasteiger partial charge in [0, 0.05) is 11.3 Å². The summed E-state index contributed by atoms with van der Waals surface area (Å²) in [6.45, 7) is 9.83. The Morgan fingerprint density at radius 1 is 1.46 bits per heavy atom. The number of β-lactam (4-membered cyclic amide) rings is 1. The van der Waals surface area contributed by atoms with E-state index in [4.69, 9.17) is 4.43 Å². The van der Waals surface area contributed by atoms with Gasteiger partial charge in [0.2, 0.25) is 5.91 Å². The van der Waals surface area contributed by atoms with Gasteiger partial charge < -0.3 is 14.4 Å². The molecule has 132 valence electrons.